The number of nitriles is 1. The second-order valence-corrected chi connectivity index (χ2v) is 13.6. The summed E-state index contributed by atoms with van der Waals surface area (Å²) in [6.45, 7) is 0. The van der Waals surface area contributed by atoms with Crippen molar-refractivity contribution in [3.8, 4) is 34.3 Å². The van der Waals surface area contributed by atoms with Gasteiger partial charge in [-0.3, -0.25) is 4.57 Å². The van der Waals surface area contributed by atoms with E-state index < -0.39 is 0 Å². The minimum absolute atomic E-state index is 0.660. The lowest BCUT2D eigenvalue weighted by Crippen LogP contribution is -1.97. The molecular weight excluding hydrogens is 647 g/mol. The van der Waals surface area contributed by atoms with E-state index in [4.69, 9.17) is 4.98 Å². The van der Waals surface area contributed by atoms with Gasteiger partial charge in [0.2, 0.25) is 0 Å². The van der Waals surface area contributed by atoms with Gasteiger partial charge in [-0.05, 0) is 102 Å². The zero-order valence-corrected chi connectivity index (χ0v) is 28.5. The molecule has 0 amide bonds. The zero-order chi connectivity index (χ0) is 35.0. The molecule has 7 aromatic carbocycles. The molecule has 0 spiro atoms. The molecular formula is C48H29N5. The molecule has 0 unspecified atom stereocenters. The summed E-state index contributed by atoms with van der Waals surface area (Å²) in [6.07, 6.45) is 1.88. The molecule has 0 bridgehead atoms. The van der Waals surface area contributed by atoms with Crippen LogP contribution in [-0.2, 0) is 0 Å². The van der Waals surface area contributed by atoms with Gasteiger partial charge in [0.15, 0.2) is 0 Å². The van der Waals surface area contributed by atoms with Crippen molar-refractivity contribution in [1.29, 1.82) is 5.26 Å². The summed E-state index contributed by atoms with van der Waals surface area (Å²) in [5, 5.41) is 16.6. The summed E-state index contributed by atoms with van der Waals surface area (Å²) in [5.74, 6) is 0. The van der Waals surface area contributed by atoms with Crippen LogP contribution >= 0.6 is 0 Å². The minimum Gasteiger partial charge on any atom is -0.309 e. The Labute approximate surface area is 304 Å². The maximum atomic E-state index is 9.64. The number of fused-ring (bicyclic) bond motifs is 9. The molecule has 53 heavy (non-hydrogen) atoms. The van der Waals surface area contributed by atoms with Crippen LogP contribution < -0.4 is 0 Å². The number of hydrogen-bond donors (Lipinski definition) is 0. The fourth-order valence-electron chi connectivity index (χ4n) is 8.39. The van der Waals surface area contributed by atoms with Gasteiger partial charge < -0.3 is 9.13 Å². The van der Waals surface area contributed by atoms with E-state index in [9.17, 15) is 5.26 Å². The molecule has 4 aromatic heterocycles. The SMILES string of the molecule is N#Cc1ccc2c(c1)c1ccccc1n2-c1cccc(-c2cccc(-n3c4cc5c(cc4c4cccnc43)c3ccccc3n5-c3ccccc3)c2)c1. The number of rotatable bonds is 4. The van der Waals surface area contributed by atoms with Crippen LogP contribution in [0.5, 0.6) is 0 Å². The van der Waals surface area contributed by atoms with Crippen molar-refractivity contribution in [2.45, 2.75) is 0 Å². The summed E-state index contributed by atoms with van der Waals surface area (Å²) in [7, 11) is 0. The number of pyridine rings is 1. The largest absolute Gasteiger partial charge is 0.309 e. The number of para-hydroxylation sites is 3. The molecule has 11 aromatic rings. The summed E-state index contributed by atoms with van der Waals surface area (Å²) in [5.41, 5.74) is 12.7. The lowest BCUT2D eigenvalue weighted by Gasteiger charge is -2.13. The average molecular weight is 676 g/mol. The molecule has 0 saturated heterocycles. The average Bonchev–Trinajstić information content (AvgIpc) is 3.85. The molecule has 0 aliphatic carbocycles. The van der Waals surface area contributed by atoms with E-state index in [-0.39, 0.29) is 0 Å². The third-order valence-electron chi connectivity index (χ3n) is 10.7. The van der Waals surface area contributed by atoms with E-state index in [2.05, 4.69) is 171 Å². The Morgan fingerprint density at radius 2 is 0.925 bits per heavy atom. The molecule has 0 radical (unpaired) electrons. The van der Waals surface area contributed by atoms with E-state index in [1.807, 2.05) is 24.4 Å². The highest BCUT2D eigenvalue weighted by molar-refractivity contribution is 6.18. The van der Waals surface area contributed by atoms with Crippen molar-refractivity contribution in [1.82, 2.24) is 18.7 Å². The van der Waals surface area contributed by atoms with Crippen molar-refractivity contribution in [2.24, 2.45) is 0 Å². The van der Waals surface area contributed by atoms with E-state index in [1.165, 1.54) is 21.7 Å². The van der Waals surface area contributed by atoms with Gasteiger partial charge in [0, 0.05) is 55.6 Å². The maximum absolute atomic E-state index is 9.64. The fourth-order valence-corrected chi connectivity index (χ4v) is 8.39. The van der Waals surface area contributed by atoms with Crippen LogP contribution in [0.4, 0.5) is 0 Å². The van der Waals surface area contributed by atoms with Crippen molar-refractivity contribution in [2.75, 3.05) is 0 Å². The Hall–Kier alpha value is -7.42. The third-order valence-corrected chi connectivity index (χ3v) is 10.7. The van der Waals surface area contributed by atoms with Crippen LogP contribution in [0.3, 0.4) is 0 Å². The monoisotopic (exact) mass is 675 g/mol. The Morgan fingerprint density at radius 3 is 1.64 bits per heavy atom. The summed E-state index contributed by atoms with van der Waals surface area (Å²) < 4.78 is 6.98. The first kappa shape index (κ1) is 29.3. The Morgan fingerprint density at radius 1 is 0.377 bits per heavy atom. The quantitative estimate of drug-likeness (QED) is 0.186. The van der Waals surface area contributed by atoms with Crippen LogP contribution in [0, 0.1) is 11.3 Å². The van der Waals surface area contributed by atoms with Gasteiger partial charge in [-0.25, -0.2) is 4.98 Å². The number of hydrogen-bond acceptors (Lipinski definition) is 2. The second kappa shape index (κ2) is 11.3. The molecule has 0 N–H and O–H groups in total. The highest BCUT2D eigenvalue weighted by Crippen LogP contribution is 2.40. The molecule has 0 aliphatic rings. The van der Waals surface area contributed by atoms with Crippen LogP contribution in [-0.4, -0.2) is 18.7 Å². The van der Waals surface area contributed by atoms with Gasteiger partial charge in [-0.1, -0.05) is 78.9 Å². The zero-order valence-electron chi connectivity index (χ0n) is 28.5. The Balaban J connectivity index is 1.12. The van der Waals surface area contributed by atoms with Gasteiger partial charge in [0.05, 0.1) is 39.2 Å². The summed E-state index contributed by atoms with van der Waals surface area (Å²) in [4.78, 5) is 4.97. The third kappa shape index (κ3) is 4.33. The highest BCUT2D eigenvalue weighted by Gasteiger charge is 2.19. The molecule has 0 saturated carbocycles. The van der Waals surface area contributed by atoms with Gasteiger partial charge in [0.25, 0.3) is 0 Å². The van der Waals surface area contributed by atoms with Crippen molar-refractivity contribution >= 4 is 65.5 Å². The number of benzene rings is 7. The van der Waals surface area contributed by atoms with E-state index in [0.29, 0.717) is 5.56 Å². The molecule has 0 atom stereocenters. The van der Waals surface area contributed by atoms with E-state index in [0.717, 1.165) is 72.1 Å². The Bertz CT molecular complexity index is 3300. The standard InChI is InChI=1S/C48H29N5/c49-30-31-22-23-45-40(25-31)37-17-4-7-21-44(37)52(45)35-15-8-11-32(26-35)33-12-9-16-36(27-33)53-47-29-46-41(28-42(47)39-19-10-24-50-48(39)53)38-18-5-6-20-43(38)51(46)34-13-2-1-3-14-34/h1-29H. The first-order valence-electron chi connectivity index (χ1n) is 17.8. The van der Waals surface area contributed by atoms with Crippen LogP contribution in [0.15, 0.2) is 176 Å². The molecule has 246 valence electrons. The van der Waals surface area contributed by atoms with E-state index in [1.54, 1.807) is 0 Å². The van der Waals surface area contributed by atoms with Crippen LogP contribution in [0.1, 0.15) is 5.56 Å². The van der Waals surface area contributed by atoms with Gasteiger partial charge in [0.1, 0.15) is 5.65 Å². The highest BCUT2D eigenvalue weighted by atomic mass is 15.1. The molecule has 0 fully saturated rings. The first-order valence-corrected chi connectivity index (χ1v) is 17.8. The summed E-state index contributed by atoms with van der Waals surface area (Å²) in [6, 6.07) is 62.4. The molecule has 4 heterocycles. The van der Waals surface area contributed by atoms with Crippen LogP contribution in [0.2, 0.25) is 0 Å². The lowest BCUT2D eigenvalue weighted by molar-refractivity contribution is 1.13. The summed E-state index contributed by atoms with van der Waals surface area (Å²) >= 11 is 0. The smallest absolute Gasteiger partial charge is 0.145 e. The molecule has 11 rings (SSSR count). The predicted molar refractivity (Wildman–Crippen MR) is 217 cm³/mol. The normalized spacial score (nSPS) is 11.8. The first-order chi connectivity index (χ1) is 26.2. The van der Waals surface area contributed by atoms with E-state index >= 15 is 0 Å². The maximum Gasteiger partial charge on any atom is 0.145 e. The lowest BCUT2D eigenvalue weighted by atomic mass is 10.0. The van der Waals surface area contributed by atoms with Gasteiger partial charge >= 0.3 is 0 Å². The predicted octanol–water partition coefficient (Wildman–Crippen LogP) is 11.9. The number of nitrogens with zero attached hydrogens (tertiary/aromatic N) is 5. The molecule has 5 heteroatoms. The van der Waals surface area contributed by atoms with Crippen molar-refractivity contribution in [3.05, 3.63) is 182 Å². The van der Waals surface area contributed by atoms with Crippen molar-refractivity contribution in [3.63, 3.8) is 0 Å². The topological polar surface area (TPSA) is 51.5 Å². The minimum atomic E-state index is 0.660. The van der Waals surface area contributed by atoms with Gasteiger partial charge in [-0.15, -0.1) is 0 Å². The molecule has 5 nitrogen and oxygen atoms in total. The fraction of sp³-hybridized carbons (Fsp3) is 0. The van der Waals surface area contributed by atoms with Crippen LogP contribution in [0.25, 0.3) is 93.7 Å². The van der Waals surface area contributed by atoms with Crippen molar-refractivity contribution < 1.29 is 0 Å². The Kier molecular flexibility index (Phi) is 6.25. The van der Waals surface area contributed by atoms with Gasteiger partial charge in [-0.2, -0.15) is 5.26 Å². The number of aromatic nitrogens is 4. The molecule has 0 aliphatic heterocycles. The second-order valence-electron chi connectivity index (χ2n) is 13.6.